The first-order valence-electron chi connectivity index (χ1n) is 9.22. The third-order valence-corrected chi connectivity index (χ3v) is 5.09. The summed E-state index contributed by atoms with van der Waals surface area (Å²) in [5.41, 5.74) is 6.95. The van der Waals surface area contributed by atoms with Gasteiger partial charge >= 0.3 is 11.6 Å². The van der Waals surface area contributed by atoms with Crippen LogP contribution in [0.4, 0.5) is 11.8 Å². The van der Waals surface area contributed by atoms with E-state index in [0.717, 1.165) is 0 Å². The molecule has 1 fully saturated rings. The number of nitrogens with two attached hydrogens (primary N) is 1. The highest BCUT2D eigenvalue weighted by molar-refractivity contribution is 5.93. The van der Waals surface area contributed by atoms with E-state index < -0.39 is 0 Å². The number of nitrogen functional groups attached to an aromatic ring is 1. The molecule has 158 valence electrons. The maximum absolute atomic E-state index is 12.6. The molecule has 0 radical (unpaired) electrons. The highest BCUT2D eigenvalue weighted by Gasteiger charge is 2.31. The number of anilines is 2. The average molecular weight is 415 g/mol. The summed E-state index contributed by atoms with van der Waals surface area (Å²) < 4.78 is 15.1. The first-order chi connectivity index (χ1) is 14.4. The Kier molecular flexibility index (Phi) is 4.90. The molecule has 1 aromatic carbocycles. The number of methoxy groups -OCH3 is 2. The third kappa shape index (κ3) is 3.25. The van der Waals surface area contributed by atoms with Gasteiger partial charge in [0, 0.05) is 44.6 Å². The standard InChI is InChI=1S/C18H21N7O5/c1-10-15(22-30-25(10)27)17(26)23-4-6-24(7-5-23)18-20-12-9-14(29-3)13(28-2)8-11(12)16(19)21-18/h8-9H,4-7H2,1-3H3,(H2,19,20,21). The minimum Gasteiger partial charge on any atom is -0.493 e. The van der Waals surface area contributed by atoms with Crippen LogP contribution in [0.2, 0.25) is 0 Å². The van der Waals surface area contributed by atoms with Gasteiger partial charge < -0.3 is 30.2 Å². The number of nitrogens with zero attached hydrogens (tertiary/aromatic N) is 6. The SMILES string of the molecule is COc1cc2nc(N3CCN(C(=O)c4no[n+]([O-])c4C)CC3)nc(N)c2cc1OC. The van der Waals surface area contributed by atoms with Gasteiger partial charge in [-0.25, -0.2) is 4.98 Å². The molecule has 1 aliphatic rings. The van der Waals surface area contributed by atoms with Crippen molar-refractivity contribution in [3.8, 4) is 11.5 Å². The molecule has 12 heteroatoms. The second kappa shape index (κ2) is 7.54. The molecular formula is C18H21N7O5. The Bertz CT molecular complexity index is 1110. The van der Waals surface area contributed by atoms with Gasteiger partial charge in [-0.1, -0.05) is 0 Å². The van der Waals surface area contributed by atoms with Crippen molar-refractivity contribution in [3.05, 3.63) is 28.7 Å². The van der Waals surface area contributed by atoms with Gasteiger partial charge in [0.1, 0.15) is 5.82 Å². The van der Waals surface area contributed by atoms with Crippen LogP contribution < -0.4 is 25.0 Å². The van der Waals surface area contributed by atoms with E-state index in [9.17, 15) is 10.0 Å². The zero-order valence-electron chi connectivity index (χ0n) is 16.8. The van der Waals surface area contributed by atoms with Gasteiger partial charge in [0.05, 0.1) is 24.9 Å². The van der Waals surface area contributed by atoms with E-state index in [4.69, 9.17) is 15.2 Å². The van der Waals surface area contributed by atoms with Crippen LogP contribution in [-0.2, 0) is 0 Å². The van der Waals surface area contributed by atoms with Crippen molar-refractivity contribution < 1.29 is 23.8 Å². The lowest BCUT2D eigenvalue weighted by atomic mass is 10.2. The normalized spacial score (nSPS) is 14.2. The molecule has 1 aliphatic heterocycles. The molecule has 1 saturated heterocycles. The number of carbonyl (C=O) groups is 1. The Hall–Kier alpha value is -3.83. The van der Waals surface area contributed by atoms with Crippen LogP contribution in [0.5, 0.6) is 11.5 Å². The second-order valence-electron chi connectivity index (χ2n) is 6.78. The summed E-state index contributed by atoms with van der Waals surface area (Å²) in [6.07, 6.45) is 0. The molecule has 4 rings (SSSR count). The van der Waals surface area contributed by atoms with Crippen molar-refractivity contribution in [2.45, 2.75) is 6.92 Å². The van der Waals surface area contributed by atoms with Gasteiger partial charge in [-0.3, -0.25) is 9.42 Å². The molecule has 2 N–H and O–H groups in total. The van der Waals surface area contributed by atoms with E-state index in [1.807, 2.05) is 4.90 Å². The molecule has 0 saturated carbocycles. The Balaban J connectivity index is 1.54. The third-order valence-electron chi connectivity index (χ3n) is 5.09. The monoisotopic (exact) mass is 415 g/mol. The minimum atomic E-state index is -0.346. The predicted octanol–water partition coefficient (Wildman–Crippen LogP) is 0.121. The molecule has 3 heterocycles. The zero-order chi connectivity index (χ0) is 21.4. The van der Waals surface area contributed by atoms with Crippen molar-refractivity contribution in [2.75, 3.05) is 51.0 Å². The van der Waals surface area contributed by atoms with Crippen molar-refractivity contribution in [3.63, 3.8) is 0 Å². The number of fused-ring (bicyclic) bond motifs is 1. The number of carbonyl (C=O) groups excluding carboxylic acids is 1. The van der Waals surface area contributed by atoms with Crippen LogP contribution in [0, 0.1) is 12.1 Å². The molecule has 30 heavy (non-hydrogen) atoms. The summed E-state index contributed by atoms with van der Waals surface area (Å²) in [6, 6.07) is 3.49. The number of aromatic nitrogens is 4. The summed E-state index contributed by atoms with van der Waals surface area (Å²) in [5.74, 6) is 1.54. The Morgan fingerprint density at radius 2 is 1.83 bits per heavy atom. The van der Waals surface area contributed by atoms with Crippen LogP contribution in [-0.4, -0.2) is 66.3 Å². The van der Waals surface area contributed by atoms with E-state index in [2.05, 4.69) is 19.8 Å². The molecule has 0 aliphatic carbocycles. The summed E-state index contributed by atoms with van der Waals surface area (Å²) in [5, 5.41) is 15.6. The van der Waals surface area contributed by atoms with Crippen molar-refractivity contribution in [2.24, 2.45) is 0 Å². The fourth-order valence-corrected chi connectivity index (χ4v) is 3.35. The highest BCUT2D eigenvalue weighted by atomic mass is 16.8. The fourth-order valence-electron chi connectivity index (χ4n) is 3.35. The Morgan fingerprint density at radius 3 is 2.43 bits per heavy atom. The van der Waals surface area contributed by atoms with Crippen LogP contribution in [0.25, 0.3) is 10.9 Å². The minimum absolute atomic E-state index is 0.0192. The predicted molar refractivity (Wildman–Crippen MR) is 105 cm³/mol. The maximum atomic E-state index is 12.6. The fraction of sp³-hybridized carbons (Fsp3) is 0.389. The van der Waals surface area contributed by atoms with E-state index in [1.165, 1.54) is 6.92 Å². The van der Waals surface area contributed by atoms with E-state index in [0.29, 0.717) is 60.3 Å². The molecule has 1 amide bonds. The summed E-state index contributed by atoms with van der Waals surface area (Å²) in [6.45, 7) is 3.31. The Morgan fingerprint density at radius 1 is 1.17 bits per heavy atom. The molecule has 0 bridgehead atoms. The van der Waals surface area contributed by atoms with E-state index in [-0.39, 0.29) is 22.2 Å². The van der Waals surface area contributed by atoms with Gasteiger partial charge in [-0.05, 0) is 11.0 Å². The number of benzene rings is 1. The number of hydrogen-bond donors (Lipinski definition) is 1. The molecule has 12 nitrogen and oxygen atoms in total. The van der Waals surface area contributed by atoms with Gasteiger partial charge in [0.15, 0.2) is 11.5 Å². The van der Waals surface area contributed by atoms with Crippen LogP contribution in [0.15, 0.2) is 16.8 Å². The van der Waals surface area contributed by atoms with Crippen molar-refractivity contribution in [1.29, 1.82) is 0 Å². The Labute approximate surface area is 171 Å². The summed E-state index contributed by atoms with van der Waals surface area (Å²) in [7, 11) is 3.10. The number of amides is 1. The number of piperazine rings is 1. The number of ether oxygens (including phenoxy) is 2. The van der Waals surface area contributed by atoms with Gasteiger partial charge in [-0.15, -0.1) is 0 Å². The van der Waals surface area contributed by atoms with Gasteiger partial charge in [0.2, 0.25) is 11.6 Å². The summed E-state index contributed by atoms with van der Waals surface area (Å²) in [4.78, 5) is 25.4. The van der Waals surface area contributed by atoms with E-state index >= 15 is 0 Å². The first-order valence-corrected chi connectivity index (χ1v) is 9.22. The van der Waals surface area contributed by atoms with Crippen molar-refractivity contribution in [1.82, 2.24) is 20.0 Å². The van der Waals surface area contributed by atoms with Gasteiger partial charge in [0.25, 0.3) is 0 Å². The van der Waals surface area contributed by atoms with Crippen molar-refractivity contribution >= 4 is 28.6 Å². The average Bonchev–Trinajstić information content (AvgIpc) is 3.10. The molecule has 0 spiro atoms. The largest absolute Gasteiger partial charge is 0.493 e. The lowest BCUT2D eigenvalue weighted by molar-refractivity contribution is -0.806. The lowest BCUT2D eigenvalue weighted by Crippen LogP contribution is -2.49. The van der Waals surface area contributed by atoms with Crippen LogP contribution in [0.1, 0.15) is 16.2 Å². The number of hydrogen-bond acceptors (Lipinski definition) is 10. The van der Waals surface area contributed by atoms with E-state index in [1.54, 1.807) is 31.3 Å². The maximum Gasteiger partial charge on any atom is 0.308 e. The molecule has 2 aromatic heterocycles. The molecule has 3 aromatic rings. The smallest absolute Gasteiger partial charge is 0.308 e. The van der Waals surface area contributed by atoms with Crippen LogP contribution in [0.3, 0.4) is 0 Å². The lowest BCUT2D eigenvalue weighted by Gasteiger charge is -2.34. The molecule has 0 unspecified atom stereocenters. The number of rotatable bonds is 4. The zero-order valence-corrected chi connectivity index (χ0v) is 16.8. The topological polar surface area (TPSA) is 147 Å². The first kappa shape index (κ1) is 19.5. The van der Waals surface area contributed by atoms with Crippen LogP contribution >= 0.6 is 0 Å². The quantitative estimate of drug-likeness (QED) is 0.583. The van der Waals surface area contributed by atoms with Gasteiger partial charge in [-0.2, -0.15) is 4.98 Å². The molecular weight excluding hydrogens is 394 g/mol. The molecule has 0 atom stereocenters. The second-order valence-corrected chi connectivity index (χ2v) is 6.78. The highest BCUT2D eigenvalue weighted by Crippen LogP contribution is 2.34. The summed E-state index contributed by atoms with van der Waals surface area (Å²) >= 11 is 0.